The number of anilines is 1. The SMILES string of the molecule is CCCNC(=O)CN1CCN(CC(=O)N2CCN(c3ccccc3F)CC2)CC1. The molecule has 2 aliphatic heterocycles. The van der Waals surface area contributed by atoms with Crippen LogP contribution in [0.1, 0.15) is 13.3 Å². The summed E-state index contributed by atoms with van der Waals surface area (Å²) in [5.74, 6) is -0.00931. The Morgan fingerprint density at radius 3 is 2.17 bits per heavy atom. The molecule has 0 aromatic heterocycles. The minimum atomic E-state index is -0.214. The number of hydrogen-bond acceptors (Lipinski definition) is 5. The van der Waals surface area contributed by atoms with Crippen molar-refractivity contribution >= 4 is 17.5 Å². The molecule has 7 nitrogen and oxygen atoms in total. The predicted octanol–water partition coefficient (Wildman–Crippen LogP) is 0.618. The predicted molar refractivity (Wildman–Crippen MR) is 111 cm³/mol. The summed E-state index contributed by atoms with van der Waals surface area (Å²) in [5.41, 5.74) is 0.610. The third kappa shape index (κ3) is 6.14. The normalized spacial score (nSPS) is 18.7. The molecule has 2 amide bonds. The van der Waals surface area contributed by atoms with Crippen molar-refractivity contribution in [1.29, 1.82) is 0 Å². The molecule has 1 N–H and O–H groups in total. The van der Waals surface area contributed by atoms with Crippen molar-refractivity contribution in [2.75, 3.05) is 76.9 Å². The van der Waals surface area contributed by atoms with Gasteiger partial charge in [0, 0.05) is 58.9 Å². The van der Waals surface area contributed by atoms with Gasteiger partial charge in [-0.2, -0.15) is 0 Å². The topological polar surface area (TPSA) is 59.1 Å². The summed E-state index contributed by atoms with van der Waals surface area (Å²) < 4.78 is 14.0. The third-order valence-electron chi connectivity index (χ3n) is 5.59. The smallest absolute Gasteiger partial charge is 0.236 e. The molecule has 3 rings (SSSR count). The van der Waals surface area contributed by atoms with E-state index < -0.39 is 0 Å². The summed E-state index contributed by atoms with van der Waals surface area (Å²) in [6.07, 6.45) is 0.941. The standard InChI is InChI=1S/C21H32FN5O2/c1-2-7-23-20(28)16-24-8-10-25(11-9-24)17-21(29)27-14-12-26(13-15-27)19-6-4-3-5-18(19)22/h3-6H,2,7-17H2,1H3,(H,23,28). The number of nitrogens with zero attached hydrogens (tertiary/aromatic N) is 4. The van der Waals surface area contributed by atoms with Crippen LogP contribution in [-0.2, 0) is 9.59 Å². The van der Waals surface area contributed by atoms with E-state index >= 15 is 0 Å². The summed E-state index contributed by atoms with van der Waals surface area (Å²) >= 11 is 0. The van der Waals surface area contributed by atoms with Crippen LogP contribution in [0.2, 0.25) is 0 Å². The van der Waals surface area contributed by atoms with Crippen LogP contribution < -0.4 is 10.2 Å². The molecular weight excluding hydrogens is 373 g/mol. The summed E-state index contributed by atoms with van der Waals surface area (Å²) in [4.78, 5) is 32.7. The fourth-order valence-electron chi connectivity index (χ4n) is 3.83. The first kappa shape index (κ1) is 21.5. The molecule has 1 aromatic rings. The zero-order valence-corrected chi connectivity index (χ0v) is 17.3. The molecule has 0 aliphatic carbocycles. The van der Waals surface area contributed by atoms with Gasteiger partial charge in [0.2, 0.25) is 11.8 Å². The Labute approximate surface area is 172 Å². The van der Waals surface area contributed by atoms with Crippen molar-refractivity contribution in [1.82, 2.24) is 20.0 Å². The number of carbonyl (C=O) groups is 2. The van der Waals surface area contributed by atoms with Crippen molar-refractivity contribution in [2.24, 2.45) is 0 Å². The van der Waals surface area contributed by atoms with Gasteiger partial charge >= 0.3 is 0 Å². The zero-order valence-electron chi connectivity index (χ0n) is 17.3. The van der Waals surface area contributed by atoms with Gasteiger partial charge in [-0.15, -0.1) is 0 Å². The van der Waals surface area contributed by atoms with Crippen molar-refractivity contribution < 1.29 is 14.0 Å². The molecule has 2 fully saturated rings. The molecule has 8 heteroatoms. The van der Waals surface area contributed by atoms with Crippen molar-refractivity contribution in [3.63, 3.8) is 0 Å². The summed E-state index contributed by atoms with van der Waals surface area (Å²) in [5, 5.41) is 2.90. The van der Waals surface area contributed by atoms with Crippen LogP contribution in [0.25, 0.3) is 0 Å². The highest BCUT2D eigenvalue weighted by molar-refractivity contribution is 5.79. The molecule has 0 saturated carbocycles. The van der Waals surface area contributed by atoms with Gasteiger partial charge < -0.3 is 15.1 Å². The average Bonchev–Trinajstić information content (AvgIpc) is 2.74. The van der Waals surface area contributed by atoms with Gasteiger partial charge in [-0.05, 0) is 18.6 Å². The lowest BCUT2D eigenvalue weighted by Gasteiger charge is -2.38. The highest BCUT2D eigenvalue weighted by atomic mass is 19.1. The number of piperazine rings is 2. The monoisotopic (exact) mass is 405 g/mol. The number of hydrogen-bond donors (Lipinski definition) is 1. The molecule has 0 atom stereocenters. The van der Waals surface area contributed by atoms with Crippen LogP contribution in [0.15, 0.2) is 24.3 Å². The van der Waals surface area contributed by atoms with E-state index in [9.17, 15) is 14.0 Å². The van der Waals surface area contributed by atoms with E-state index in [-0.39, 0.29) is 17.6 Å². The van der Waals surface area contributed by atoms with Crippen LogP contribution in [0, 0.1) is 5.82 Å². The van der Waals surface area contributed by atoms with E-state index in [0.29, 0.717) is 45.0 Å². The van der Waals surface area contributed by atoms with E-state index in [2.05, 4.69) is 15.1 Å². The maximum absolute atomic E-state index is 14.0. The van der Waals surface area contributed by atoms with Crippen LogP contribution in [0.5, 0.6) is 0 Å². The van der Waals surface area contributed by atoms with Gasteiger partial charge in [0.05, 0.1) is 18.8 Å². The quantitative estimate of drug-likeness (QED) is 0.721. The van der Waals surface area contributed by atoms with Crippen molar-refractivity contribution in [3.8, 4) is 0 Å². The first-order chi connectivity index (χ1) is 14.1. The van der Waals surface area contributed by atoms with Crippen LogP contribution in [0.4, 0.5) is 10.1 Å². The Morgan fingerprint density at radius 1 is 0.931 bits per heavy atom. The molecule has 2 heterocycles. The molecule has 0 spiro atoms. The number of halogens is 1. The van der Waals surface area contributed by atoms with Crippen molar-refractivity contribution in [3.05, 3.63) is 30.1 Å². The molecular formula is C21H32FN5O2. The van der Waals surface area contributed by atoms with E-state index in [0.717, 1.165) is 39.1 Å². The molecule has 1 aromatic carbocycles. The molecule has 2 saturated heterocycles. The minimum absolute atomic E-state index is 0.0732. The van der Waals surface area contributed by atoms with Gasteiger partial charge in [-0.3, -0.25) is 19.4 Å². The Kier molecular flexibility index (Phi) is 7.83. The van der Waals surface area contributed by atoms with Gasteiger partial charge in [0.1, 0.15) is 5.82 Å². The molecule has 0 bridgehead atoms. The lowest BCUT2D eigenvalue weighted by atomic mass is 10.2. The molecule has 160 valence electrons. The van der Waals surface area contributed by atoms with Gasteiger partial charge in [0.25, 0.3) is 0 Å². The second-order valence-corrected chi connectivity index (χ2v) is 7.72. The number of nitrogens with one attached hydrogen (secondary N) is 1. The van der Waals surface area contributed by atoms with Crippen LogP contribution >= 0.6 is 0 Å². The molecule has 2 aliphatic rings. The lowest BCUT2D eigenvalue weighted by Crippen LogP contribution is -2.54. The second kappa shape index (κ2) is 10.5. The summed E-state index contributed by atoms with van der Waals surface area (Å²) in [6, 6.07) is 6.79. The number of rotatable bonds is 7. The summed E-state index contributed by atoms with van der Waals surface area (Å²) in [6.45, 7) is 9.31. The number of benzene rings is 1. The van der Waals surface area contributed by atoms with E-state index in [1.54, 1.807) is 12.1 Å². The third-order valence-corrected chi connectivity index (χ3v) is 5.59. The highest BCUT2D eigenvalue weighted by Crippen LogP contribution is 2.20. The van der Waals surface area contributed by atoms with Crippen molar-refractivity contribution in [2.45, 2.75) is 13.3 Å². The first-order valence-electron chi connectivity index (χ1n) is 10.6. The maximum Gasteiger partial charge on any atom is 0.236 e. The van der Waals surface area contributed by atoms with E-state index in [4.69, 9.17) is 0 Å². The minimum Gasteiger partial charge on any atom is -0.366 e. The lowest BCUT2D eigenvalue weighted by molar-refractivity contribution is -0.133. The Balaban J connectivity index is 1.37. The number of para-hydroxylation sites is 1. The highest BCUT2D eigenvalue weighted by Gasteiger charge is 2.26. The zero-order chi connectivity index (χ0) is 20.6. The molecule has 0 radical (unpaired) electrons. The van der Waals surface area contributed by atoms with Gasteiger partial charge in [-0.25, -0.2) is 4.39 Å². The number of amides is 2. The fraction of sp³-hybridized carbons (Fsp3) is 0.619. The first-order valence-corrected chi connectivity index (χ1v) is 10.6. The maximum atomic E-state index is 14.0. The fourth-order valence-corrected chi connectivity index (χ4v) is 3.83. The average molecular weight is 406 g/mol. The van der Waals surface area contributed by atoms with Crippen LogP contribution in [0.3, 0.4) is 0 Å². The Bertz CT molecular complexity index is 685. The van der Waals surface area contributed by atoms with Gasteiger partial charge in [0.15, 0.2) is 0 Å². The van der Waals surface area contributed by atoms with Gasteiger partial charge in [-0.1, -0.05) is 19.1 Å². The van der Waals surface area contributed by atoms with E-state index in [1.165, 1.54) is 6.07 Å². The summed E-state index contributed by atoms with van der Waals surface area (Å²) in [7, 11) is 0. The molecule has 29 heavy (non-hydrogen) atoms. The Morgan fingerprint density at radius 2 is 1.55 bits per heavy atom. The van der Waals surface area contributed by atoms with E-state index in [1.807, 2.05) is 22.8 Å². The largest absolute Gasteiger partial charge is 0.366 e. The second-order valence-electron chi connectivity index (χ2n) is 7.72. The van der Waals surface area contributed by atoms with Crippen LogP contribution in [-0.4, -0.2) is 98.5 Å². The molecule has 0 unspecified atom stereocenters. The Hall–Kier alpha value is -2.19. The number of carbonyl (C=O) groups excluding carboxylic acids is 2.